The molecule has 1 aliphatic rings. The zero-order valence-electron chi connectivity index (χ0n) is 17.3. The summed E-state index contributed by atoms with van der Waals surface area (Å²) in [5, 5.41) is 12.5. The van der Waals surface area contributed by atoms with Crippen LogP contribution in [0.4, 0.5) is 19.0 Å². The molecular formula is C21H21F3N4O5. The standard InChI is InChI=1S/C21H21F3N4O5/c1-11(13-2-4-14(5-3-13)33-21(22,23)24)27-17(10-29)28-18(20(31)32)15(19(28)30)8-12-6-7-26-16(25)9-12/h2-7,9-11,15,17-18,27H,8H2,1H3,(H2,25,26)(H,31,32). The van der Waals surface area contributed by atoms with Crippen molar-refractivity contribution in [3.63, 3.8) is 0 Å². The Morgan fingerprint density at radius 1 is 1.33 bits per heavy atom. The van der Waals surface area contributed by atoms with Gasteiger partial charge in [-0.3, -0.25) is 14.9 Å². The van der Waals surface area contributed by atoms with E-state index in [-0.39, 0.29) is 12.2 Å². The van der Waals surface area contributed by atoms with Crippen LogP contribution in [0, 0.1) is 5.92 Å². The van der Waals surface area contributed by atoms with Crippen LogP contribution in [-0.2, 0) is 20.8 Å². The molecule has 2 heterocycles. The first kappa shape index (κ1) is 24.0. The number of amides is 1. The summed E-state index contributed by atoms with van der Waals surface area (Å²) < 4.78 is 40.8. The second kappa shape index (κ2) is 9.45. The van der Waals surface area contributed by atoms with Gasteiger partial charge >= 0.3 is 12.3 Å². The van der Waals surface area contributed by atoms with Gasteiger partial charge in [-0.15, -0.1) is 13.2 Å². The first-order valence-electron chi connectivity index (χ1n) is 9.82. The lowest BCUT2D eigenvalue weighted by atomic mass is 9.82. The molecule has 0 aliphatic carbocycles. The van der Waals surface area contributed by atoms with E-state index < -0.39 is 48.2 Å². The molecule has 4 unspecified atom stereocenters. The largest absolute Gasteiger partial charge is 0.573 e. The normalized spacial score (nSPS) is 20.0. The predicted octanol–water partition coefficient (Wildman–Crippen LogP) is 1.89. The van der Waals surface area contributed by atoms with Crippen molar-refractivity contribution in [1.82, 2.24) is 15.2 Å². The second-order valence-corrected chi connectivity index (χ2v) is 7.51. The number of aromatic nitrogens is 1. The van der Waals surface area contributed by atoms with E-state index in [0.29, 0.717) is 17.4 Å². The molecule has 4 atom stereocenters. The number of alkyl halides is 3. The van der Waals surface area contributed by atoms with Crippen LogP contribution in [-0.4, -0.2) is 51.7 Å². The van der Waals surface area contributed by atoms with Crippen molar-refractivity contribution in [3.8, 4) is 5.75 Å². The number of carboxylic acids is 1. The Bertz CT molecular complexity index is 1030. The fourth-order valence-corrected chi connectivity index (χ4v) is 3.75. The predicted molar refractivity (Wildman–Crippen MR) is 109 cm³/mol. The fraction of sp³-hybridized carbons (Fsp3) is 0.333. The fourth-order valence-electron chi connectivity index (χ4n) is 3.75. The molecule has 2 aromatic rings. The first-order valence-corrected chi connectivity index (χ1v) is 9.82. The zero-order chi connectivity index (χ0) is 24.3. The van der Waals surface area contributed by atoms with Crippen molar-refractivity contribution >= 4 is 24.0 Å². The number of hydrogen-bond acceptors (Lipinski definition) is 7. The van der Waals surface area contributed by atoms with Crippen LogP contribution in [0.15, 0.2) is 42.6 Å². The molecule has 0 saturated carbocycles. The van der Waals surface area contributed by atoms with E-state index in [1.54, 1.807) is 19.1 Å². The summed E-state index contributed by atoms with van der Waals surface area (Å²) in [7, 11) is 0. The minimum absolute atomic E-state index is 0.112. The summed E-state index contributed by atoms with van der Waals surface area (Å²) in [6.07, 6.45) is -4.11. The number of nitrogens with two attached hydrogens (primary N) is 1. The van der Waals surface area contributed by atoms with E-state index in [0.717, 1.165) is 17.0 Å². The maximum atomic E-state index is 12.8. The summed E-state index contributed by atoms with van der Waals surface area (Å²) in [5.41, 5.74) is 6.76. The second-order valence-electron chi connectivity index (χ2n) is 7.51. The summed E-state index contributed by atoms with van der Waals surface area (Å²) in [6, 6.07) is 6.27. The van der Waals surface area contributed by atoms with Gasteiger partial charge in [0.1, 0.15) is 23.8 Å². The van der Waals surface area contributed by atoms with Crippen LogP contribution in [0.1, 0.15) is 24.1 Å². The van der Waals surface area contributed by atoms with Crippen molar-refractivity contribution < 1.29 is 37.4 Å². The quantitative estimate of drug-likeness (QED) is 0.377. The molecule has 0 spiro atoms. The molecule has 1 aliphatic heterocycles. The van der Waals surface area contributed by atoms with Crippen LogP contribution in [0.5, 0.6) is 5.75 Å². The number of carboxylic acid groups (broad SMARTS) is 1. The number of β-lactam (4-membered cyclic amide) rings is 1. The van der Waals surface area contributed by atoms with Crippen molar-refractivity contribution in [2.24, 2.45) is 5.92 Å². The molecule has 1 saturated heterocycles. The van der Waals surface area contributed by atoms with Crippen LogP contribution in [0.3, 0.4) is 0 Å². The van der Waals surface area contributed by atoms with Gasteiger partial charge in [-0.2, -0.15) is 0 Å². The Hall–Kier alpha value is -3.67. The van der Waals surface area contributed by atoms with Gasteiger partial charge in [0.05, 0.1) is 5.92 Å². The molecule has 176 valence electrons. The van der Waals surface area contributed by atoms with Gasteiger partial charge in [-0.05, 0) is 48.7 Å². The van der Waals surface area contributed by atoms with Crippen molar-refractivity contribution in [2.75, 3.05) is 5.73 Å². The Morgan fingerprint density at radius 3 is 2.55 bits per heavy atom. The minimum atomic E-state index is -4.82. The van der Waals surface area contributed by atoms with E-state index in [2.05, 4.69) is 15.0 Å². The van der Waals surface area contributed by atoms with E-state index in [4.69, 9.17) is 5.73 Å². The number of aliphatic carboxylic acids is 1. The summed E-state index contributed by atoms with van der Waals surface area (Å²) >= 11 is 0. The number of pyridine rings is 1. The average molecular weight is 466 g/mol. The lowest BCUT2D eigenvalue weighted by molar-refractivity contribution is -0.274. The third-order valence-corrected chi connectivity index (χ3v) is 5.27. The molecule has 4 N–H and O–H groups in total. The van der Waals surface area contributed by atoms with Gasteiger partial charge in [0.25, 0.3) is 0 Å². The molecule has 12 heteroatoms. The topological polar surface area (TPSA) is 135 Å². The SMILES string of the molecule is CC(NC(C=O)N1C(=O)C(Cc2ccnc(N)c2)C1C(=O)O)c1ccc(OC(F)(F)F)cc1. The number of nitrogens with one attached hydrogen (secondary N) is 1. The highest BCUT2D eigenvalue weighted by atomic mass is 19.4. The van der Waals surface area contributed by atoms with Crippen molar-refractivity contribution in [3.05, 3.63) is 53.7 Å². The highest BCUT2D eigenvalue weighted by molar-refractivity contribution is 5.98. The maximum absolute atomic E-state index is 12.8. The third-order valence-electron chi connectivity index (χ3n) is 5.27. The Labute approximate surface area is 186 Å². The molecule has 0 bridgehead atoms. The van der Waals surface area contributed by atoms with Gasteiger partial charge < -0.3 is 20.5 Å². The van der Waals surface area contributed by atoms with Gasteiger partial charge in [0.2, 0.25) is 5.91 Å². The number of carbonyl (C=O) groups is 3. The van der Waals surface area contributed by atoms with E-state index >= 15 is 0 Å². The van der Waals surface area contributed by atoms with Gasteiger partial charge in [-0.25, -0.2) is 9.78 Å². The van der Waals surface area contributed by atoms with Gasteiger partial charge in [0.15, 0.2) is 6.29 Å². The zero-order valence-corrected chi connectivity index (χ0v) is 17.3. The van der Waals surface area contributed by atoms with E-state index in [9.17, 15) is 32.7 Å². The van der Waals surface area contributed by atoms with Crippen molar-refractivity contribution in [2.45, 2.75) is 38.0 Å². The van der Waals surface area contributed by atoms with Crippen molar-refractivity contribution in [1.29, 1.82) is 0 Å². The van der Waals surface area contributed by atoms with Crippen LogP contribution in [0.2, 0.25) is 0 Å². The number of carbonyl (C=O) groups excluding carboxylic acids is 2. The Kier molecular flexibility index (Phi) is 6.86. The number of anilines is 1. The summed E-state index contributed by atoms with van der Waals surface area (Å²) in [6.45, 7) is 1.62. The molecule has 1 aromatic carbocycles. The summed E-state index contributed by atoms with van der Waals surface area (Å²) in [4.78, 5) is 41.1. The number of rotatable bonds is 9. The maximum Gasteiger partial charge on any atom is 0.573 e. The lowest BCUT2D eigenvalue weighted by Crippen LogP contribution is -2.71. The number of halogens is 3. The van der Waals surface area contributed by atoms with E-state index in [1.807, 2.05) is 0 Å². The number of likely N-dealkylation sites (tertiary alicyclic amines) is 1. The number of benzene rings is 1. The number of aldehydes is 1. The van der Waals surface area contributed by atoms with Crippen LogP contribution in [0.25, 0.3) is 0 Å². The highest BCUT2D eigenvalue weighted by Crippen LogP contribution is 2.32. The molecule has 1 amide bonds. The number of nitrogen functional groups attached to an aromatic ring is 1. The Morgan fingerprint density at radius 2 is 2.00 bits per heavy atom. The van der Waals surface area contributed by atoms with Gasteiger partial charge in [0, 0.05) is 12.2 Å². The average Bonchev–Trinajstić information content (AvgIpc) is 2.73. The Balaban J connectivity index is 1.70. The molecule has 1 fully saturated rings. The van der Waals surface area contributed by atoms with Gasteiger partial charge in [-0.1, -0.05) is 12.1 Å². The summed E-state index contributed by atoms with van der Waals surface area (Å²) in [5.74, 6) is -2.85. The number of ether oxygens (including phenoxy) is 1. The monoisotopic (exact) mass is 466 g/mol. The lowest BCUT2D eigenvalue weighted by Gasteiger charge is -2.48. The minimum Gasteiger partial charge on any atom is -0.480 e. The molecule has 33 heavy (non-hydrogen) atoms. The molecule has 9 nitrogen and oxygen atoms in total. The molecule has 1 aromatic heterocycles. The number of hydrogen-bond donors (Lipinski definition) is 3. The molecular weight excluding hydrogens is 445 g/mol. The highest BCUT2D eigenvalue weighted by Gasteiger charge is 2.54. The third kappa shape index (κ3) is 5.58. The molecule has 3 rings (SSSR count). The van der Waals surface area contributed by atoms with E-state index in [1.165, 1.54) is 18.3 Å². The van der Waals surface area contributed by atoms with Crippen LogP contribution >= 0.6 is 0 Å². The first-order chi connectivity index (χ1) is 15.5. The smallest absolute Gasteiger partial charge is 0.480 e. The number of nitrogens with zero attached hydrogens (tertiary/aromatic N) is 2. The van der Waals surface area contributed by atoms with Crippen LogP contribution < -0.4 is 15.8 Å². The molecule has 0 radical (unpaired) electrons.